The summed E-state index contributed by atoms with van der Waals surface area (Å²) in [5, 5.41) is 11.7. The Morgan fingerprint density at radius 2 is 1.59 bits per heavy atom. The number of rotatable bonds is 9. The van der Waals surface area contributed by atoms with Crippen LogP contribution in [-0.4, -0.2) is 75.2 Å². The summed E-state index contributed by atoms with van der Waals surface area (Å²) >= 11 is 0. The van der Waals surface area contributed by atoms with E-state index in [2.05, 4.69) is 0 Å². The quantitative estimate of drug-likeness (QED) is 0.237. The number of carbonyl (C=O) groups excluding carboxylic acids is 1. The van der Waals surface area contributed by atoms with Crippen LogP contribution in [0.3, 0.4) is 0 Å². The lowest BCUT2D eigenvalue weighted by atomic mass is 9.89. The highest BCUT2D eigenvalue weighted by Crippen LogP contribution is 2.50. The Morgan fingerprint density at radius 1 is 0.857 bits per heavy atom. The number of aliphatic hydroxyl groups excluding tert-OH is 1. The molecule has 49 heavy (non-hydrogen) atoms. The average molecular weight is 673 g/mol. The predicted octanol–water partition coefficient (Wildman–Crippen LogP) is 5.12. The van der Waals surface area contributed by atoms with Gasteiger partial charge in [-0.15, -0.1) is 0 Å². The van der Waals surface area contributed by atoms with Crippen LogP contribution in [-0.2, 0) is 36.9 Å². The molecule has 0 radical (unpaired) electrons. The van der Waals surface area contributed by atoms with Crippen molar-refractivity contribution in [3.8, 4) is 39.9 Å². The first kappa shape index (κ1) is 31.7. The summed E-state index contributed by atoms with van der Waals surface area (Å²) in [5.41, 5.74) is 3.13. The van der Waals surface area contributed by atoms with Crippen LogP contribution in [0.15, 0.2) is 60.7 Å². The second kappa shape index (κ2) is 12.4. The van der Waals surface area contributed by atoms with Crippen molar-refractivity contribution < 1.29 is 57.3 Å². The van der Waals surface area contributed by atoms with Crippen molar-refractivity contribution in [1.29, 1.82) is 0 Å². The molecule has 12 heteroatoms. The molecule has 0 aliphatic carbocycles. The summed E-state index contributed by atoms with van der Waals surface area (Å²) in [5.74, 6) is 0.952. The van der Waals surface area contributed by atoms with Gasteiger partial charge < -0.3 is 52.5 Å². The van der Waals surface area contributed by atoms with E-state index < -0.39 is 42.5 Å². The van der Waals surface area contributed by atoms with E-state index in [1.54, 1.807) is 26.4 Å². The molecule has 1 N–H and O–H groups in total. The lowest BCUT2D eigenvalue weighted by molar-refractivity contribution is -0.268. The average Bonchev–Trinajstić information content (AvgIpc) is 3.83. The van der Waals surface area contributed by atoms with E-state index >= 15 is 0 Å². The molecule has 0 spiro atoms. The maximum Gasteiger partial charge on any atom is 0.339 e. The summed E-state index contributed by atoms with van der Waals surface area (Å²) < 4.78 is 60.7. The highest BCUT2D eigenvalue weighted by molar-refractivity contribution is 6.14. The minimum absolute atomic E-state index is 0.0459. The minimum atomic E-state index is -1.09. The molecule has 4 aromatic carbocycles. The fourth-order valence-corrected chi connectivity index (χ4v) is 7.03. The number of hydrogen-bond donors (Lipinski definition) is 1. The van der Waals surface area contributed by atoms with E-state index in [0.717, 1.165) is 5.56 Å². The number of fused-ring (bicyclic) bond motifs is 4. The first-order valence-corrected chi connectivity index (χ1v) is 16.0. The monoisotopic (exact) mass is 672 g/mol. The molecule has 4 heterocycles. The van der Waals surface area contributed by atoms with Gasteiger partial charge in [-0.3, -0.25) is 0 Å². The van der Waals surface area contributed by atoms with Crippen molar-refractivity contribution in [1.82, 2.24) is 0 Å². The molecule has 2 fully saturated rings. The van der Waals surface area contributed by atoms with E-state index in [-0.39, 0.29) is 26.6 Å². The van der Waals surface area contributed by atoms with Gasteiger partial charge in [-0.1, -0.05) is 36.4 Å². The van der Waals surface area contributed by atoms with Crippen molar-refractivity contribution in [3.05, 3.63) is 77.4 Å². The molecule has 5 atom stereocenters. The van der Waals surface area contributed by atoms with Gasteiger partial charge in [-0.25, -0.2) is 4.79 Å². The Hall–Kier alpha value is -4.59. The van der Waals surface area contributed by atoms with E-state index in [9.17, 15) is 9.90 Å². The third-order valence-corrected chi connectivity index (χ3v) is 9.21. The molecule has 0 bridgehead atoms. The third kappa shape index (κ3) is 5.49. The molecule has 4 aliphatic heterocycles. The zero-order valence-electron chi connectivity index (χ0n) is 27.4. The SMILES string of the molecule is COc1cc2c(OC3O[C@H](CO)C4OC(C)(C)OC4C3OCc3ccccc3)c3c(c(-c4ccc5c(c4)OCO5)c2cc1OC)C(=O)OC3. The molecular weight excluding hydrogens is 636 g/mol. The first-order chi connectivity index (χ1) is 23.8. The standard InChI is InChI=1S/C37H36O12/c1-37(2)48-32-28(15-38)46-36(34(33(32)49-37)42-16-19-8-6-5-7-9-19)47-31-22-14-26(41-4)25(40-3)13-21(22)29(30-23(31)17-43-35(30)39)20-10-11-24-27(12-20)45-18-44-24/h5-14,28,32-34,36,38H,15-18H2,1-4H3/t28-,32?,33?,34?,36?/m1/s1. The number of methoxy groups -OCH3 is 2. The first-order valence-electron chi connectivity index (χ1n) is 16.0. The highest BCUT2D eigenvalue weighted by atomic mass is 16.8. The number of cyclic esters (lactones) is 1. The van der Waals surface area contributed by atoms with Gasteiger partial charge in [0.2, 0.25) is 13.1 Å². The van der Waals surface area contributed by atoms with Gasteiger partial charge in [0, 0.05) is 16.5 Å². The molecule has 12 nitrogen and oxygen atoms in total. The molecule has 4 unspecified atom stereocenters. The van der Waals surface area contributed by atoms with Gasteiger partial charge >= 0.3 is 5.97 Å². The van der Waals surface area contributed by atoms with E-state index in [4.69, 9.17) is 47.4 Å². The number of aliphatic hydroxyl groups is 1. The Labute approximate surface area is 282 Å². The summed E-state index contributed by atoms with van der Waals surface area (Å²) in [6, 6.07) is 18.8. The molecule has 256 valence electrons. The topological polar surface area (TPSA) is 130 Å². The van der Waals surface area contributed by atoms with Crippen molar-refractivity contribution in [2.24, 2.45) is 0 Å². The van der Waals surface area contributed by atoms with Crippen molar-refractivity contribution >= 4 is 16.7 Å². The van der Waals surface area contributed by atoms with E-state index in [1.165, 1.54) is 0 Å². The molecule has 0 saturated carbocycles. The van der Waals surface area contributed by atoms with Gasteiger partial charge in [0.15, 0.2) is 28.8 Å². The van der Waals surface area contributed by atoms with Gasteiger partial charge in [0.1, 0.15) is 36.8 Å². The summed E-state index contributed by atoms with van der Waals surface area (Å²) in [4.78, 5) is 13.6. The number of ether oxygens (including phenoxy) is 10. The maximum atomic E-state index is 13.6. The molecule has 2 saturated heterocycles. The summed E-state index contributed by atoms with van der Waals surface area (Å²) in [6.45, 7) is 3.56. The van der Waals surface area contributed by atoms with Crippen LogP contribution >= 0.6 is 0 Å². The zero-order valence-corrected chi connectivity index (χ0v) is 27.4. The molecule has 8 rings (SSSR count). The van der Waals surface area contributed by atoms with Gasteiger partial charge in [0.25, 0.3) is 0 Å². The normalized spacial score (nSPS) is 24.8. The number of carbonyl (C=O) groups is 1. The number of esters is 1. The van der Waals surface area contributed by atoms with Crippen LogP contribution in [0.1, 0.15) is 35.3 Å². The Kier molecular flexibility index (Phi) is 8.00. The Morgan fingerprint density at radius 3 is 2.35 bits per heavy atom. The zero-order chi connectivity index (χ0) is 33.9. The minimum Gasteiger partial charge on any atom is -0.493 e. The van der Waals surface area contributed by atoms with E-state index in [1.807, 2.05) is 62.4 Å². The summed E-state index contributed by atoms with van der Waals surface area (Å²) in [7, 11) is 3.09. The second-order valence-corrected chi connectivity index (χ2v) is 12.6. The second-order valence-electron chi connectivity index (χ2n) is 12.6. The van der Waals surface area contributed by atoms with Crippen LogP contribution < -0.4 is 23.7 Å². The largest absolute Gasteiger partial charge is 0.493 e. The predicted molar refractivity (Wildman–Crippen MR) is 173 cm³/mol. The Balaban J connectivity index is 1.29. The number of hydrogen-bond acceptors (Lipinski definition) is 12. The van der Waals surface area contributed by atoms with Crippen LogP contribution in [0.4, 0.5) is 0 Å². The van der Waals surface area contributed by atoms with E-state index in [0.29, 0.717) is 61.8 Å². The van der Waals surface area contributed by atoms with Crippen LogP contribution in [0, 0.1) is 0 Å². The van der Waals surface area contributed by atoms with Gasteiger partial charge in [-0.2, -0.15) is 0 Å². The molecule has 0 amide bonds. The van der Waals surface area contributed by atoms with Crippen molar-refractivity contribution in [2.75, 3.05) is 27.6 Å². The van der Waals surface area contributed by atoms with Gasteiger partial charge in [0.05, 0.1) is 33.0 Å². The van der Waals surface area contributed by atoms with Crippen LogP contribution in [0.25, 0.3) is 21.9 Å². The Bertz CT molecular complexity index is 1910. The molecular formula is C37H36O12. The summed E-state index contributed by atoms with van der Waals surface area (Å²) in [6.07, 6.45) is -3.94. The third-order valence-electron chi connectivity index (χ3n) is 9.21. The molecule has 0 aromatic heterocycles. The van der Waals surface area contributed by atoms with Crippen molar-refractivity contribution in [2.45, 2.75) is 63.6 Å². The highest BCUT2D eigenvalue weighted by Gasteiger charge is 2.57. The van der Waals surface area contributed by atoms with Crippen LogP contribution in [0.5, 0.6) is 28.7 Å². The van der Waals surface area contributed by atoms with Gasteiger partial charge in [-0.05, 0) is 54.6 Å². The smallest absolute Gasteiger partial charge is 0.339 e. The maximum absolute atomic E-state index is 13.6. The lowest BCUT2D eigenvalue weighted by Gasteiger charge is -2.41. The number of benzene rings is 4. The molecule has 4 aliphatic rings. The van der Waals surface area contributed by atoms with Crippen LogP contribution in [0.2, 0.25) is 0 Å². The van der Waals surface area contributed by atoms with Crippen molar-refractivity contribution in [3.63, 3.8) is 0 Å². The lowest BCUT2D eigenvalue weighted by Crippen LogP contribution is -2.59. The fourth-order valence-electron chi connectivity index (χ4n) is 7.03. The molecule has 4 aromatic rings. The fraction of sp³-hybridized carbons (Fsp3) is 0.378.